The first kappa shape index (κ1) is 17.6. The Kier molecular flexibility index (Phi) is 4.03. The van der Waals surface area contributed by atoms with Crippen molar-refractivity contribution >= 4 is 16.9 Å². The molecule has 2 nitrogen and oxygen atoms in total. The third-order valence-corrected chi connectivity index (χ3v) is 10.2. The van der Waals surface area contributed by atoms with Gasteiger partial charge in [-0.2, -0.15) is 0 Å². The van der Waals surface area contributed by atoms with E-state index in [0.717, 1.165) is 36.5 Å². The molecule has 0 aromatic carbocycles. The molecule has 0 spiro atoms. The maximum Gasteiger partial charge on any atom is 0.216 e. The van der Waals surface area contributed by atoms with Crippen LogP contribution in [0.5, 0.6) is 0 Å². The van der Waals surface area contributed by atoms with Crippen LogP contribution in [0.3, 0.4) is 0 Å². The van der Waals surface area contributed by atoms with Gasteiger partial charge in [-0.15, -0.1) is 0 Å². The number of rotatable bonds is 0. The second-order valence-electron chi connectivity index (χ2n) is 10.2. The van der Waals surface area contributed by atoms with Crippen LogP contribution in [0.25, 0.3) is 0 Å². The predicted octanol–water partition coefficient (Wildman–Crippen LogP) is 5.47. The van der Waals surface area contributed by atoms with E-state index < -0.39 is 0 Å². The first-order valence-electron chi connectivity index (χ1n) is 10.7. The molecule has 4 saturated carbocycles. The Labute approximate surface area is 161 Å². The Morgan fingerprint density at radius 2 is 1.88 bits per heavy atom. The number of carbonyl (C=O) groups is 1. The van der Waals surface area contributed by atoms with Gasteiger partial charge in [-0.1, -0.05) is 13.8 Å². The van der Waals surface area contributed by atoms with E-state index in [4.69, 9.17) is 0 Å². The van der Waals surface area contributed by atoms with Crippen LogP contribution >= 0.6 is 11.8 Å². The summed E-state index contributed by atoms with van der Waals surface area (Å²) in [5, 5.41) is 10.4. The fourth-order valence-corrected chi connectivity index (χ4v) is 8.88. The van der Waals surface area contributed by atoms with Crippen LogP contribution in [-0.2, 0) is 4.79 Å². The molecule has 1 heterocycles. The third kappa shape index (κ3) is 2.38. The Morgan fingerprint density at radius 1 is 1.04 bits per heavy atom. The van der Waals surface area contributed by atoms with Gasteiger partial charge in [0.15, 0.2) is 0 Å². The molecule has 142 valence electrons. The largest absolute Gasteiger partial charge is 0.393 e. The average Bonchev–Trinajstić information content (AvgIpc) is 3.18. The first-order valence-corrected chi connectivity index (χ1v) is 11.5. The molecule has 4 aliphatic carbocycles. The zero-order valence-corrected chi connectivity index (χ0v) is 17.0. The quantitative estimate of drug-likeness (QED) is 0.612. The number of aliphatic hydroxyl groups excluding tert-OH is 1. The van der Waals surface area contributed by atoms with Crippen molar-refractivity contribution < 1.29 is 9.90 Å². The van der Waals surface area contributed by atoms with Crippen LogP contribution in [0.1, 0.15) is 71.6 Å². The molecule has 3 heteroatoms. The number of allylic oxidation sites excluding steroid dienone is 2. The molecule has 0 aromatic heterocycles. The Balaban J connectivity index is 1.45. The molecule has 0 radical (unpaired) electrons. The van der Waals surface area contributed by atoms with Crippen LogP contribution in [0.4, 0.5) is 0 Å². The molecule has 0 amide bonds. The van der Waals surface area contributed by atoms with Crippen LogP contribution in [0.2, 0.25) is 0 Å². The molecule has 0 saturated heterocycles. The van der Waals surface area contributed by atoms with Gasteiger partial charge in [-0.25, -0.2) is 0 Å². The molecular formula is C23H32O2S. The van der Waals surface area contributed by atoms with Gasteiger partial charge in [0, 0.05) is 4.91 Å². The minimum atomic E-state index is -0.0509. The van der Waals surface area contributed by atoms with E-state index in [1.54, 1.807) is 11.6 Å². The van der Waals surface area contributed by atoms with Crippen molar-refractivity contribution in [2.24, 2.45) is 34.5 Å². The molecule has 7 atom stereocenters. The molecule has 0 bridgehead atoms. The minimum absolute atomic E-state index is 0.0509. The van der Waals surface area contributed by atoms with E-state index in [1.165, 1.54) is 61.6 Å². The van der Waals surface area contributed by atoms with Gasteiger partial charge in [0.05, 0.1) is 6.10 Å². The molecule has 1 aliphatic heterocycles. The SMILES string of the molecule is CC12CCC3C(CCC4CC(O)CCC43C)C1CCC2=C1C=CC(=O)S1. The highest BCUT2D eigenvalue weighted by Gasteiger charge is 2.59. The maximum atomic E-state index is 11.8. The maximum absolute atomic E-state index is 11.8. The topological polar surface area (TPSA) is 37.3 Å². The van der Waals surface area contributed by atoms with E-state index in [2.05, 4.69) is 19.9 Å². The van der Waals surface area contributed by atoms with E-state index in [9.17, 15) is 9.90 Å². The lowest BCUT2D eigenvalue weighted by molar-refractivity contribution is -0.116. The van der Waals surface area contributed by atoms with Crippen molar-refractivity contribution in [3.8, 4) is 0 Å². The normalized spacial score (nSPS) is 53.3. The number of hydrogen-bond donors (Lipinski definition) is 1. The molecular weight excluding hydrogens is 340 g/mol. The van der Waals surface area contributed by atoms with Crippen molar-refractivity contribution in [1.29, 1.82) is 0 Å². The second kappa shape index (κ2) is 5.98. The summed E-state index contributed by atoms with van der Waals surface area (Å²) in [4.78, 5) is 13.0. The molecule has 7 unspecified atom stereocenters. The fraction of sp³-hybridized carbons (Fsp3) is 0.783. The lowest BCUT2D eigenvalue weighted by Crippen LogP contribution is -2.53. The highest BCUT2D eigenvalue weighted by atomic mass is 32.2. The first-order chi connectivity index (χ1) is 12.4. The standard InChI is InChI=1S/C23H32O2S/c1-22-11-9-15(24)13-14(22)3-4-16-17-5-6-19(20-7-8-21(25)26-20)23(17,2)12-10-18(16)22/h7-8,14-18,24H,3-6,9-13H2,1-2H3. The van der Waals surface area contributed by atoms with E-state index >= 15 is 0 Å². The lowest BCUT2D eigenvalue weighted by atomic mass is 9.45. The van der Waals surface area contributed by atoms with Gasteiger partial charge in [-0.3, -0.25) is 4.79 Å². The number of aliphatic hydroxyl groups is 1. The van der Waals surface area contributed by atoms with Crippen molar-refractivity contribution in [3.63, 3.8) is 0 Å². The summed E-state index contributed by atoms with van der Waals surface area (Å²) < 4.78 is 0. The van der Waals surface area contributed by atoms with Gasteiger partial charge in [-0.05, 0) is 122 Å². The van der Waals surface area contributed by atoms with E-state index in [0.29, 0.717) is 10.8 Å². The third-order valence-electron chi connectivity index (χ3n) is 9.30. The van der Waals surface area contributed by atoms with Crippen molar-refractivity contribution in [1.82, 2.24) is 0 Å². The van der Waals surface area contributed by atoms with Crippen molar-refractivity contribution in [2.75, 3.05) is 0 Å². The van der Waals surface area contributed by atoms with E-state index in [-0.39, 0.29) is 11.2 Å². The van der Waals surface area contributed by atoms with Crippen LogP contribution < -0.4 is 0 Å². The summed E-state index contributed by atoms with van der Waals surface area (Å²) in [5.41, 5.74) is 2.37. The molecule has 5 aliphatic rings. The minimum Gasteiger partial charge on any atom is -0.393 e. The fourth-order valence-electron chi connectivity index (χ4n) is 7.94. The lowest BCUT2D eigenvalue weighted by Gasteiger charge is -2.60. The van der Waals surface area contributed by atoms with Crippen LogP contribution in [0, 0.1) is 34.5 Å². The van der Waals surface area contributed by atoms with Gasteiger partial charge in [0.1, 0.15) is 0 Å². The Bertz CT molecular complexity index is 694. The summed E-state index contributed by atoms with van der Waals surface area (Å²) in [6.45, 7) is 5.07. The molecule has 1 N–H and O–H groups in total. The van der Waals surface area contributed by atoms with Crippen LogP contribution in [-0.4, -0.2) is 16.3 Å². The number of thioether (sulfide) groups is 1. The molecule has 5 rings (SSSR count). The molecule has 0 aromatic rings. The molecule has 26 heavy (non-hydrogen) atoms. The number of fused-ring (bicyclic) bond motifs is 5. The van der Waals surface area contributed by atoms with Crippen LogP contribution in [0.15, 0.2) is 22.6 Å². The van der Waals surface area contributed by atoms with Gasteiger partial charge < -0.3 is 5.11 Å². The molecule has 4 fully saturated rings. The number of hydrogen-bond acceptors (Lipinski definition) is 3. The van der Waals surface area contributed by atoms with Crippen molar-refractivity contribution in [3.05, 3.63) is 22.6 Å². The zero-order valence-electron chi connectivity index (χ0n) is 16.2. The van der Waals surface area contributed by atoms with E-state index in [1.807, 2.05) is 0 Å². The zero-order chi connectivity index (χ0) is 18.1. The van der Waals surface area contributed by atoms with Crippen molar-refractivity contribution in [2.45, 2.75) is 77.7 Å². The van der Waals surface area contributed by atoms with Gasteiger partial charge >= 0.3 is 0 Å². The monoisotopic (exact) mass is 372 g/mol. The highest BCUT2D eigenvalue weighted by molar-refractivity contribution is 8.17. The highest BCUT2D eigenvalue weighted by Crippen LogP contribution is 2.68. The predicted molar refractivity (Wildman–Crippen MR) is 106 cm³/mol. The van der Waals surface area contributed by atoms with Gasteiger partial charge in [0.25, 0.3) is 0 Å². The van der Waals surface area contributed by atoms with Gasteiger partial charge in [0.2, 0.25) is 5.12 Å². The Hall–Kier alpha value is -0.540. The second-order valence-corrected chi connectivity index (χ2v) is 11.2. The average molecular weight is 373 g/mol. The summed E-state index contributed by atoms with van der Waals surface area (Å²) >= 11 is 1.47. The summed E-state index contributed by atoms with van der Waals surface area (Å²) in [5.74, 6) is 3.25. The summed E-state index contributed by atoms with van der Waals surface area (Å²) in [6, 6.07) is 0. The number of carbonyl (C=O) groups excluding carboxylic acids is 1. The smallest absolute Gasteiger partial charge is 0.216 e. The summed E-state index contributed by atoms with van der Waals surface area (Å²) in [7, 11) is 0. The summed E-state index contributed by atoms with van der Waals surface area (Å²) in [6.07, 6.45) is 14.9. The Morgan fingerprint density at radius 3 is 2.65 bits per heavy atom.